The summed E-state index contributed by atoms with van der Waals surface area (Å²) in [7, 11) is 0.0798. The Morgan fingerprint density at radius 3 is 2.17 bits per heavy atom. The van der Waals surface area contributed by atoms with Gasteiger partial charge >= 0.3 is 0 Å². The molecule has 220 valence electrons. The minimum Gasteiger partial charge on any atom is -0.494 e. The molecule has 3 rings (SSSR count). The number of likely N-dealkylation sites (N-methyl/N-ethyl adjacent to an activating group) is 1. The molecular formula is C30H37N3O7S. The fourth-order valence-electron chi connectivity index (χ4n) is 4.29. The molecule has 0 fully saturated rings. The molecule has 0 saturated carbocycles. The molecule has 10 nitrogen and oxygen atoms in total. The number of nitrogens with zero attached hydrogens (tertiary/aromatic N) is 2. The van der Waals surface area contributed by atoms with E-state index in [0.29, 0.717) is 24.5 Å². The van der Waals surface area contributed by atoms with Crippen LogP contribution in [-0.4, -0.2) is 72.1 Å². The molecule has 3 aromatic carbocycles. The first-order chi connectivity index (χ1) is 19.7. The van der Waals surface area contributed by atoms with E-state index in [9.17, 15) is 18.0 Å². The number of rotatable bonds is 14. The molecular weight excluding hydrogens is 546 g/mol. The van der Waals surface area contributed by atoms with Crippen molar-refractivity contribution in [3.05, 3.63) is 78.4 Å². The third-order valence-corrected chi connectivity index (χ3v) is 8.33. The number of nitrogens with one attached hydrogen (secondary N) is 1. The smallest absolute Gasteiger partial charge is 0.264 e. The lowest BCUT2D eigenvalue weighted by Gasteiger charge is -2.31. The molecule has 0 saturated heterocycles. The van der Waals surface area contributed by atoms with E-state index in [2.05, 4.69) is 5.32 Å². The molecule has 0 radical (unpaired) electrons. The monoisotopic (exact) mass is 583 g/mol. The fraction of sp³-hybridized carbons (Fsp3) is 0.333. The number of methoxy groups -OCH3 is 2. The molecule has 0 aliphatic carbocycles. The largest absolute Gasteiger partial charge is 0.494 e. The first kappa shape index (κ1) is 31.3. The van der Waals surface area contributed by atoms with E-state index in [1.165, 1.54) is 44.4 Å². The summed E-state index contributed by atoms with van der Waals surface area (Å²) in [5.41, 5.74) is 1.24. The Morgan fingerprint density at radius 1 is 0.927 bits per heavy atom. The topological polar surface area (TPSA) is 114 Å². The number of ether oxygens (including phenoxy) is 3. The Kier molecular flexibility index (Phi) is 11.0. The molecule has 3 aromatic rings. The predicted molar refractivity (Wildman–Crippen MR) is 157 cm³/mol. The Balaban J connectivity index is 2.03. The van der Waals surface area contributed by atoms with Crippen molar-refractivity contribution in [2.24, 2.45) is 0 Å². The standard InChI is InChI=1S/C30H37N3O7S/c1-6-40-25-14-12-24(13-15-25)33(41(36,37)26-16-17-27(38-4)28(20-26)39-5)21-29(34)32(22(2)30(35)31-3)19-18-23-10-8-7-9-11-23/h7-17,20,22H,6,18-19,21H2,1-5H3,(H,31,35). The number of anilines is 1. The highest BCUT2D eigenvalue weighted by atomic mass is 32.2. The molecule has 0 aliphatic heterocycles. The first-order valence-electron chi connectivity index (χ1n) is 13.2. The molecule has 41 heavy (non-hydrogen) atoms. The number of benzene rings is 3. The van der Waals surface area contributed by atoms with Gasteiger partial charge in [-0.3, -0.25) is 13.9 Å². The number of carbonyl (C=O) groups excluding carboxylic acids is 2. The number of hydrogen-bond acceptors (Lipinski definition) is 7. The maximum absolute atomic E-state index is 14.1. The van der Waals surface area contributed by atoms with Crippen molar-refractivity contribution in [2.45, 2.75) is 31.2 Å². The quantitative estimate of drug-likeness (QED) is 0.309. The molecule has 11 heteroatoms. The van der Waals surface area contributed by atoms with Gasteiger partial charge in [0, 0.05) is 19.7 Å². The second-order valence-corrected chi connectivity index (χ2v) is 10.9. The fourth-order valence-corrected chi connectivity index (χ4v) is 5.72. The van der Waals surface area contributed by atoms with Crippen molar-refractivity contribution in [2.75, 3.05) is 45.3 Å². The number of sulfonamides is 1. The summed E-state index contributed by atoms with van der Waals surface area (Å²) in [5, 5.41) is 2.58. The Morgan fingerprint density at radius 2 is 1.59 bits per heavy atom. The normalized spacial score (nSPS) is 11.7. The summed E-state index contributed by atoms with van der Waals surface area (Å²) in [6, 6.07) is 19.4. The SMILES string of the molecule is CCOc1ccc(N(CC(=O)N(CCc2ccccc2)C(C)C(=O)NC)S(=O)(=O)c2ccc(OC)c(OC)c2)cc1. The number of carbonyl (C=O) groups is 2. The van der Waals surface area contributed by atoms with E-state index in [1.54, 1.807) is 31.2 Å². The Bertz CT molecular complexity index is 1410. The van der Waals surface area contributed by atoms with Crippen LogP contribution in [0.3, 0.4) is 0 Å². The van der Waals surface area contributed by atoms with Gasteiger partial charge in [0.2, 0.25) is 11.8 Å². The Labute approximate surface area is 241 Å². The van der Waals surface area contributed by atoms with Gasteiger partial charge in [0.25, 0.3) is 10.0 Å². The van der Waals surface area contributed by atoms with Gasteiger partial charge in [-0.05, 0) is 62.2 Å². The van der Waals surface area contributed by atoms with Crippen molar-refractivity contribution in [3.8, 4) is 17.2 Å². The van der Waals surface area contributed by atoms with E-state index in [4.69, 9.17) is 14.2 Å². The Hall–Kier alpha value is -4.25. The van der Waals surface area contributed by atoms with E-state index < -0.39 is 28.5 Å². The van der Waals surface area contributed by atoms with Crippen LogP contribution in [0.15, 0.2) is 77.7 Å². The highest BCUT2D eigenvalue weighted by Gasteiger charge is 2.32. The predicted octanol–water partition coefficient (Wildman–Crippen LogP) is 3.50. The van der Waals surface area contributed by atoms with Crippen LogP contribution in [0.4, 0.5) is 5.69 Å². The molecule has 1 N–H and O–H groups in total. The minimum absolute atomic E-state index is 0.0907. The van der Waals surface area contributed by atoms with Crippen LogP contribution < -0.4 is 23.8 Å². The number of amides is 2. The second-order valence-electron chi connectivity index (χ2n) is 9.07. The zero-order valence-corrected chi connectivity index (χ0v) is 24.8. The lowest BCUT2D eigenvalue weighted by atomic mass is 10.1. The minimum atomic E-state index is -4.28. The van der Waals surface area contributed by atoms with Crippen LogP contribution in [0.5, 0.6) is 17.2 Å². The molecule has 0 heterocycles. The average molecular weight is 584 g/mol. The first-order valence-corrected chi connectivity index (χ1v) is 14.6. The molecule has 1 atom stereocenters. The van der Waals surface area contributed by atoms with Crippen LogP contribution in [0.25, 0.3) is 0 Å². The molecule has 0 bridgehead atoms. The summed E-state index contributed by atoms with van der Waals surface area (Å²) < 4.78 is 45.2. The van der Waals surface area contributed by atoms with E-state index in [1.807, 2.05) is 37.3 Å². The molecule has 0 aliphatic rings. The van der Waals surface area contributed by atoms with Crippen molar-refractivity contribution in [1.29, 1.82) is 0 Å². The van der Waals surface area contributed by atoms with E-state index in [0.717, 1.165) is 9.87 Å². The third-order valence-electron chi connectivity index (χ3n) is 6.56. The number of hydrogen-bond donors (Lipinski definition) is 1. The summed E-state index contributed by atoms with van der Waals surface area (Å²) >= 11 is 0. The van der Waals surface area contributed by atoms with Crippen LogP contribution in [-0.2, 0) is 26.0 Å². The van der Waals surface area contributed by atoms with Crippen LogP contribution in [0, 0.1) is 0 Å². The highest BCUT2D eigenvalue weighted by molar-refractivity contribution is 7.92. The maximum atomic E-state index is 14.1. The van der Waals surface area contributed by atoms with Gasteiger partial charge in [0.15, 0.2) is 11.5 Å². The van der Waals surface area contributed by atoms with Gasteiger partial charge in [0.1, 0.15) is 18.3 Å². The highest BCUT2D eigenvalue weighted by Crippen LogP contribution is 2.33. The summed E-state index contributed by atoms with van der Waals surface area (Å²) in [6.07, 6.45) is 0.486. The lowest BCUT2D eigenvalue weighted by molar-refractivity contribution is -0.138. The van der Waals surface area contributed by atoms with Crippen LogP contribution in [0.2, 0.25) is 0 Å². The molecule has 2 amide bonds. The maximum Gasteiger partial charge on any atom is 0.264 e. The van der Waals surface area contributed by atoms with Crippen molar-refractivity contribution in [3.63, 3.8) is 0 Å². The summed E-state index contributed by atoms with van der Waals surface area (Å²) in [6.45, 7) is 3.58. The van der Waals surface area contributed by atoms with Crippen LogP contribution >= 0.6 is 0 Å². The van der Waals surface area contributed by atoms with E-state index in [-0.39, 0.29) is 28.8 Å². The zero-order chi connectivity index (χ0) is 30.0. The molecule has 0 spiro atoms. The lowest BCUT2D eigenvalue weighted by Crippen LogP contribution is -2.51. The zero-order valence-electron chi connectivity index (χ0n) is 24.0. The van der Waals surface area contributed by atoms with Crippen LogP contribution in [0.1, 0.15) is 19.4 Å². The van der Waals surface area contributed by atoms with Gasteiger partial charge in [-0.1, -0.05) is 30.3 Å². The summed E-state index contributed by atoms with van der Waals surface area (Å²) in [4.78, 5) is 27.8. The van der Waals surface area contributed by atoms with Gasteiger partial charge in [0.05, 0.1) is 31.4 Å². The van der Waals surface area contributed by atoms with Gasteiger partial charge in [-0.15, -0.1) is 0 Å². The van der Waals surface area contributed by atoms with E-state index >= 15 is 0 Å². The average Bonchev–Trinajstić information content (AvgIpc) is 3.00. The van der Waals surface area contributed by atoms with Crippen molar-refractivity contribution < 1.29 is 32.2 Å². The molecule has 0 aromatic heterocycles. The molecule has 1 unspecified atom stereocenters. The van der Waals surface area contributed by atoms with Gasteiger partial charge < -0.3 is 24.4 Å². The van der Waals surface area contributed by atoms with Gasteiger partial charge in [-0.25, -0.2) is 8.42 Å². The van der Waals surface area contributed by atoms with Crippen molar-refractivity contribution >= 4 is 27.5 Å². The third kappa shape index (κ3) is 7.69. The summed E-state index contributed by atoms with van der Waals surface area (Å²) in [5.74, 6) is 0.256. The van der Waals surface area contributed by atoms with Crippen molar-refractivity contribution in [1.82, 2.24) is 10.2 Å². The second kappa shape index (κ2) is 14.4. The van der Waals surface area contributed by atoms with Gasteiger partial charge in [-0.2, -0.15) is 0 Å².